The molecule has 1 fully saturated rings. The Morgan fingerprint density at radius 1 is 1.12 bits per heavy atom. The molecular weight excluding hydrogens is 645 g/mol. The Morgan fingerprint density at radius 2 is 1.79 bits per heavy atom. The van der Waals surface area contributed by atoms with Crippen LogP contribution in [0.15, 0.2) is 54.1 Å². The zero-order chi connectivity index (χ0) is 35.6. The van der Waals surface area contributed by atoms with Crippen LogP contribution in [-0.2, 0) is 22.7 Å². The molecule has 2 unspecified atom stereocenters. The number of nitrogens with zero attached hydrogens (tertiary/aromatic N) is 5. The fourth-order valence-corrected chi connectivity index (χ4v) is 5.81. The van der Waals surface area contributed by atoms with Gasteiger partial charge >= 0.3 is 12.1 Å². The molecule has 0 aliphatic carbocycles. The number of imidazole rings is 1. The van der Waals surface area contributed by atoms with Gasteiger partial charge in [0, 0.05) is 36.3 Å². The first kappa shape index (κ1) is 36.5. The van der Waals surface area contributed by atoms with E-state index in [0.29, 0.717) is 40.1 Å². The summed E-state index contributed by atoms with van der Waals surface area (Å²) in [5.41, 5.74) is 1.13. The summed E-state index contributed by atoms with van der Waals surface area (Å²) < 4.78 is 42.7. The SMILES string of the molecule is CC(C)C=C(C#N)C(=O)N1CCCC1Cn1c(NC(=O)c2ccc(Cl)cc2)nc2cc(CN(C(=O)C(F)(F)F)C(C)C(C)(C)C)ccc21. The normalized spacial score (nSPS) is 16.2. The third-order valence-electron chi connectivity index (χ3n) is 8.60. The minimum atomic E-state index is -5.05. The lowest BCUT2D eigenvalue weighted by Crippen LogP contribution is -2.50. The van der Waals surface area contributed by atoms with E-state index in [9.17, 15) is 32.8 Å². The van der Waals surface area contributed by atoms with Crippen LogP contribution in [0.3, 0.4) is 0 Å². The van der Waals surface area contributed by atoms with E-state index in [1.807, 2.05) is 19.9 Å². The summed E-state index contributed by atoms with van der Waals surface area (Å²) in [4.78, 5) is 46.4. The second-order valence-corrected chi connectivity index (χ2v) is 14.0. The van der Waals surface area contributed by atoms with Crippen LogP contribution in [0.1, 0.15) is 70.3 Å². The number of amides is 3. The Balaban J connectivity index is 1.75. The van der Waals surface area contributed by atoms with Gasteiger partial charge in [0.2, 0.25) is 5.95 Å². The highest BCUT2D eigenvalue weighted by Crippen LogP contribution is 2.32. The maximum absolute atomic E-state index is 13.7. The third-order valence-corrected chi connectivity index (χ3v) is 8.86. The van der Waals surface area contributed by atoms with Crippen molar-refractivity contribution in [1.29, 1.82) is 5.26 Å². The van der Waals surface area contributed by atoms with Gasteiger partial charge in [-0.1, -0.05) is 58.4 Å². The van der Waals surface area contributed by atoms with Crippen molar-refractivity contribution in [1.82, 2.24) is 19.4 Å². The second-order valence-electron chi connectivity index (χ2n) is 13.5. The number of aromatic nitrogens is 2. The zero-order valence-electron chi connectivity index (χ0n) is 27.9. The summed E-state index contributed by atoms with van der Waals surface area (Å²) in [7, 11) is 0. The molecule has 2 atom stereocenters. The Hall–Kier alpha value is -4.37. The molecule has 9 nitrogen and oxygen atoms in total. The topological polar surface area (TPSA) is 111 Å². The lowest BCUT2D eigenvalue weighted by atomic mass is 9.86. The Kier molecular flexibility index (Phi) is 10.9. The van der Waals surface area contributed by atoms with E-state index in [-0.39, 0.29) is 42.5 Å². The van der Waals surface area contributed by atoms with Crippen molar-refractivity contribution in [3.8, 4) is 6.07 Å². The molecule has 1 aliphatic rings. The van der Waals surface area contributed by atoms with E-state index in [1.54, 1.807) is 85.7 Å². The zero-order valence-corrected chi connectivity index (χ0v) is 28.6. The molecule has 3 aromatic rings. The second kappa shape index (κ2) is 14.4. The van der Waals surface area contributed by atoms with E-state index < -0.39 is 29.4 Å². The number of fused-ring (bicyclic) bond motifs is 1. The van der Waals surface area contributed by atoms with Crippen molar-refractivity contribution in [2.75, 3.05) is 11.9 Å². The van der Waals surface area contributed by atoms with Gasteiger partial charge in [0.15, 0.2) is 0 Å². The number of anilines is 1. The third kappa shape index (κ3) is 8.37. The number of likely N-dealkylation sites (tertiary alicyclic amines) is 1. The number of halogens is 4. The minimum absolute atomic E-state index is 0.000130. The summed E-state index contributed by atoms with van der Waals surface area (Å²) in [6, 6.07) is 12.2. The van der Waals surface area contributed by atoms with Gasteiger partial charge in [0.25, 0.3) is 11.8 Å². The molecule has 2 aromatic carbocycles. The molecule has 256 valence electrons. The number of carbonyl (C=O) groups excluding carboxylic acids is 3. The molecule has 1 aliphatic heterocycles. The highest BCUT2D eigenvalue weighted by molar-refractivity contribution is 6.30. The molecule has 1 saturated heterocycles. The monoisotopic (exact) mass is 684 g/mol. The fourth-order valence-electron chi connectivity index (χ4n) is 5.69. The van der Waals surface area contributed by atoms with Crippen LogP contribution >= 0.6 is 11.6 Å². The number of hydrogen-bond donors (Lipinski definition) is 1. The van der Waals surface area contributed by atoms with Gasteiger partial charge in [-0.2, -0.15) is 18.4 Å². The van der Waals surface area contributed by atoms with Crippen molar-refractivity contribution in [2.45, 2.75) is 85.7 Å². The van der Waals surface area contributed by atoms with Crippen molar-refractivity contribution in [3.63, 3.8) is 0 Å². The Morgan fingerprint density at radius 3 is 2.38 bits per heavy atom. The highest BCUT2D eigenvalue weighted by atomic mass is 35.5. The van der Waals surface area contributed by atoms with Crippen LogP contribution < -0.4 is 5.32 Å². The van der Waals surface area contributed by atoms with Crippen LogP contribution in [-0.4, -0.2) is 61.9 Å². The molecule has 3 amide bonds. The van der Waals surface area contributed by atoms with Crippen LogP contribution in [0.4, 0.5) is 19.1 Å². The van der Waals surface area contributed by atoms with Gasteiger partial charge in [-0.15, -0.1) is 0 Å². The number of alkyl halides is 3. The first-order valence-electron chi connectivity index (χ1n) is 15.8. The van der Waals surface area contributed by atoms with E-state index in [2.05, 4.69) is 10.3 Å². The quantitative estimate of drug-likeness (QED) is 0.187. The lowest BCUT2D eigenvalue weighted by Gasteiger charge is -2.38. The van der Waals surface area contributed by atoms with Crippen LogP contribution in [0.2, 0.25) is 5.02 Å². The highest BCUT2D eigenvalue weighted by Gasteiger charge is 2.45. The molecule has 0 bridgehead atoms. The van der Waals surface area contributed by atoms with E-state index in [1.165, 1.54) is 0 Å². The summed E-state index contributed by atoms with van der Waals surface area (Å²) in [5.74, 6) is -2.59. The van der Waals surface area contributed by atoms with E-state index in [0.717, 1.165) is 11.3 Å². The van der Waals surface area contributed by atoms with E-state index >= 15 is 0 Å². The van der Waals surface area contributed by atoms with Gasteiger partial charge in [0.05, 0.1) is 17.1 Å². The van der Waals surface area contributed by atoms with Crippen LogP contribution in [0, 0.1) is 22.7 Å². The molecule has 1 N–H and O–H groups in total. The first-order chi connectivity index (χ1) is 22.4. The maximum Gasteiger partial charge on any atom is 0.471 e. The predicted octanol–water partition coefficient (Wildman–Crippen LogP) is 7.36. The molecule has 4 rings (SSSR count). The van der Waals surface area contributed by atoms with Crippen LogP contribution in [0.5, 0.6) is 0 Å². The van der Waals surface area contributed by atoms with Gasteiger partial charge in [0.1, 0.15) is 11.6 Å². The number of benzene rings is 2. The van der Waals surface area contributed by atoms with Crippen molar-refractivity contribution in [3.05, 3.63) is 70.3 Å². The standard InChI is InChI=1S/C35H40ClF3N6O3/c1-21(2)16-25(18-40)31(47)43-15-7-8-27(43)20-45-29-14-9-23(19-44(22(3)34(4,5)6)32(48)35(37,38)39)17-28(29)41-33(45)42-30(46)24-10-12-26(36)13-11-24/h9-14,16-17,21-22,27H,7-8,15,19-20H2,1-6H3,(H,41,42,46). The fraction of sp³-hybridized carbons (Fsp3) is 0.457. The summed E-state index contributed by atoms with van der Waals surface area (Å²) in [6.45, 7) is 11.0. The number of carbonyl (C=O) groups is 3. The number of nitrogens with one attached hydrogen (secondary N) is 1. The maximum atomic E-state index is 13.7. The van der Waals surface area contributed by atoms with Crippen molar-refractivity contribution < 1.29 is 27.6 Å². The Bertz CT molecular complexity index is 1750. The largest absolute Gasteiger partial charge is 0.471 e. The van der Waals surface area contributed by atoms with Gasteiger partial charge < -0.3 is 14.4 Å². The molecule has 13 heteroatoms. The molecule has 0 saturated carbocycles. The Labute approximate surface area is 283 Å². The number of nitriles is 1. The summed E-state index contributed by atoms with van der Waals surface area (Å²) in [6.07, 6.45) is -2.05. The lowest BCUT2D eigenvalue weighted by molar-refractivity contribution is -0.190. The average Bonchev–Trinajstić information content (AvgIpc) is 3.61. The minimum Gasteiger partial charge on any atom is -0.333 e. The smallest absolute Gasteiger partial charge is 0.333 e. The summed E-state index contributed by atoms with van der Waals surface area (Å²) in [5, 5.41) is 13.0. The number of allylic oxidation sites excluding steroid dienone is 1. The molecule has 0 spiro atoms. The average molecular weight is 685 g/mol. The summed E-state index contributed by atoms with van der Waals surface area (Å²) >= 11 is 6.00. The first-order valence-corrected chi connectivity index (χ1v) is 16.1. The molecular formula is C35H40ClF3N6O3. The van der Waals surface area contributed by atoms with Gasteiger partial charge in [-0.25, -0.2) is 4.98 Å². The number of hydrogen-bond acceptors (Lipinski definition) is 5. The number of rotatable bonds is 9. The van der Waals surface area contributed by atoms with Gasteiger partial charge in [-0.05, 0) is 73.1 Å². The molecule has 48 heavy (non-hydrogen) atoms. The molecule has 1 aromatic heterocycles. The molecule has 2 heterocycles. The van der Waals surface area contributed by atoms with Crippen molar-refractivity contribution >= 4 is 46.3 Å². The molecule has 0 radical (unpaired) electrons. The van der Waals surface area contributed by atoms with Crippen LogP contribution in [0.25, 0.3) is 11.0 Å². The van der Waals surface area contributed by atoms with Gasteiger partial charge in [-0.3, -0.25) is 19.7 Å². The van der Waals surface area contributed by atoms with E-state index in [4.69, 9.17) is 11.6 Å². The predicted molar refractivity (Wildman–Crippen MR) is 178 cm³/mol. The van der Waals surface area contributed by atoms with Crippen molar-refractivity contribution in [2.24, 2.45) is 11.3 Å².